The van der Waals surface area contributed by atoms with E-state index >= 15 is 0 Å². The minimum absolute atomic E-state index is 0.318. The van der Waals surface area contributed by atoms with E-state index < -0.39 is 24.3 Å². The Morgan fingerprint density at radius 1 is 1.08 bits per heavy atom. The number of hydrogen-bond acceptors (Lipinski definition) is 2. The number of pyridine rings is 1. The van der Waals surface area contributed by atoms with E-state index in [2.05, 4.69) is 10.3 Å². The van der Waals surface area contributed by atoms with E-state index in [0.717, 1.165) is 5.56 Å². The van der Waals surface area contributed by atoms with Gasteiger partial charge < -0.3 is 10.6 Å². The standard InChI is InChI=1S/C17H18F3N3O/c1-12(14-7-9-21-10-8-14)22-16(24)23-15(17(18,19)20)11-13-5-3-2-4-6-13/h2-10,12,15H,11H2,1H3,(H2,22,23,24)/t12-,15+/m1/s1. The number of rotatable bonds is 5. The zero-order valence-corrected chi connectivity index (χ0v) is 13.0. The number of carbonyl (C=O) groups is 1. The first-order chi connectivity index (χ1) is 11.4. The monoisotopic (exact) mass is 337 g/mol. The predicted octanol–water partition coefficient (Wildman–Crippen LogP) is 3.62. The molecule has 0 aliphatic heterocycles. The highest BCUT2D eigenvalue weighted by Crippen LogP contribution is 2.23. The van der Waals surface area contributed by atoms with Crippen LogP contribution in [-0.2, 0) is 6.42 Å². The van der Waals surface area contributed by atoms with Crippen molar-refractivity contribution in [2.75, 3.05) is 0 Å². The summed E-state index contributed by atoms with van der Waals surface area (Å²) in [6, 6.07) is 8.37. The van der Waals surface area contributed by atoms with E-state index in [1.54, 1.807) is 61.8 Å². The van der Waals surface area contributed by atoms with Gasteiger partial charge in [-0.1, -0.05) is 30.3 Å². The largest absolute Gasteiger partial charge is 0.408 e. The fourth-order valence-electron chi connectivity index (χ4n) is 2.23. The summed E-state index contributed by atoms with van der Waals surface area (Å²) in [5.74, 6) is 0. The van der Waals surface area contributed by atoms with E-state index in [4.69, 9.17) is 0 Å². The van der Waals surface area contributed by atoms with Gasteiger partial charge in [-0.25, -0.2) is 4.79 Å². The molecule has 1 aromatic heterocycles. The lowest BCUT2D eigenvalue weighted by atomic mass is 10.1. The first-order valence-corrected chi connectivity index (χ1v) is 7.44. The molecule has 2 rings (SSSR count). The van der Waals surface area contributed by atoms with Gasteiger partial charge in [-0.15, -0.1) is 0 Å². The van der Waals surface area contributed by atoms with E-state index in [1.165, 1.54) is 0 Å². The molecule has 4 nitrogen and oxygen atoms in total. The van der Waals surface area contributed by atoms with Crippen LogP contribution in [0.25, 0.3) is 0 Å². The molecule has 0 radical (unpaired) electrons. The van der Waals surface area contributed by atoms with Crippen molar-refractivity contribution in [3.8, 4) is 0 Å². The smallest absolute Gasteiger partial charge is 0.332 e. The number of carbonyl (C=O) groups excluding carboxylic acids is 1. The molecular formula is C17H18F3N3O. The van der Waals surface area contributed by atoms with Gasteiger partial charge in [0.1, 0.15) is 6.04 Å². The van der Waals surface area contributed by atoms with E-state index in [-0.39, 0.29) is 6.42 Å². The quantitative estimate of drug-likeness (QED) is 0.876. The lowest BCUT2D eigenvalue weighted by Crippen LogP contribution is -2.50. The molecule has 2 aromatic rings. The lowest BCUT2D eigenvalue weighted by Gasteiger charge is -2.23. The molecule has 2 atom stereocenters. The Balaban J connectivity index is 2.00. The SMILES string of the molecule is C[C@@H](NC(=O)N[C@@H](Cc1ccccc1)C(F)(F)F)c1ccncc1. The van der Waals surface area contributed by atoms with Crippen LogP contribution in [0.5, 0.6) is 0 Å². The molecule has 2 N–H and O–H groups in total. The maximum atomic E-state index is 13.2. The third-order valence-corrected chi connectivity index (χ3v) is 3.54. The van der Waals surface area contributed by atoms with Crippen LogP contribution >= 0.6 is 0 Å². The fourth-order valence-corrected chi connectivity index (χ4v) is 2.23. The second-order valence-electron chi connectivity index (χ2n) is 5.40. The highest BCUT2D eigenvalue weighted by Gasteiger charge is 2.40. The van der Waals surface area contributed by atoms with Gasteiger partial charge in [0, 0.05) is 18.8 Å². The van der Waals surface area contributed by atoms with Gasteiger partial charge in [-0.2, -0.15) is 13.2 Å². The van der Waals surface area contributed by atoms with Crippen LogP contribution in [0.2, 0.25) is 0 Å². The molecule has 1 aromatic carbocycles. The van der Waals surface area contributed by atoms with Gasteiger partial charge in [0.05, 0.1) is 6.04 Å². The van der Waals surface area contributed by atoms with Gasteiger partial charge in [-0.05, 0) is 30.2 Å². The van der Waals surface area contributed by atoms with Crippen molar-refractivity contribution in [2.24, 2.45) is 0 Å². The predicted molar refractivity (Wildman–Crippen MR) is 84.3 cm³/mol. The van der Waals surface area contributed by atoms with E-state index in [0.29, 0.717) is 5.56 Å². The number of nitrogens with zero attached hydrogens (tertiary/aromatic N) is 1. The Bertz CT molecular complexity index is 647. The van der Waals surface area contributed by atoms with Crippen molar-refractivity contribution in [3.63, 3.8) is 0 Å². The Morgan fingerprint density at radius 2 is 1.71 bits per heavy atom. The zero-order chi connectivity index (χ0) is 17.6. The van der Waals surface area contributed by atoms with Gasteiger partial charge in [-0.3, -0.25) is 4.98 Å². The molecule has 0 saturated carbocycles. The average Bonchev–Trinajstić information content (AvgIpc) is 2.55. The van der Waals surface area contributed by atoms with Gasteiger partial charge in [0.15, 0.2) is 0 Å². The number of benzene rings is 1. The van der Waals surface area contributed by atoms with Crippen molar-refractivity contribution in [1.29, 1.82) is 0 Å². The van der Waals surface area contributed by atoms with Crippen LogP contribution in [-0.4, -0.2) is 23.2 Å². The summed E-state index contributed by atoms with van der Waals surface area (Å²) in [4.78, 5) is 15.8. The van der Waals surface area contributed by atoms with Crippen molar-refractivity contribution in [2.45, 2.75) is 31.6 Å². The topological polar surface area (TPSA) is 54.0 Å². The molecule has 0 aliphatic rings. The Labute approximate surface area is 138 Å². The van der Waals surface area contributed by atoms with Crippen LogP contribution in [0, 0.1) is 0 Å². The molecule has 1 heterocycles. The Morgan fingerprint density at radius 3 is 2.29 bits per heavy atom. The Hall–Kier alpha value is -2.57. The van der Waals surface area contributed by atoms with Crippen LogP contribution in [0.3, 0.4) is 0 Å². The maximum Gasteiger partial charge on any atom is 0.408 e. The molecule has 0 spiro atoms. The van der Waals surface area contributed by atoms with Gasteiger partial charge in [0.2, 0.25) is 0 Å². The first kappa shape index (κ1) is 17.8. The maximum absolute atomic E-state index is 13.2. The molecule has 0 unspecified atom stereocenters. The number of urea groups is 1. The molecular weight excluding hydrogens is 319 g/mol. The van der Waals surface area contributed by atoms with Crippen LogP contribution in [0.1, 0.15) is 24.1 Å². The minimum atomic E-state index is -4.53. The number of amides is 2. The fraction of sp³-hybridized carbons (Fsp3) is 0.294. The van der Waals surface area contributed by atoms with E-state index in [1.807, 2.05) is 5.32 Å². The summed E-state index contributed by atoms with van der Waals surface area (Å²) in [5.41, 5.74) is 1.26. The zero-order valence-electron chi connectivity index (χ0n) is 13.0. The summed E-state index contributed by atoms with van der Waals surface area (Å²) in [7, 11) is 0. The third kappa shape index (κ3) is 5.26. The van der Waals surface area contributed by atoms with Crippen LogP contribution in [0.4, 0.5) is 18.0 Å². The minimum Gasteiger partial charge on any atom is -0.332 e. The first-order valence-electron chi connectivity index (χ1n) is 7.44. The summed E-state index contributed by atoms with van der Waals surface area (Å²) in [6.07, 6.45) is -1.74. The normalized spacial score (nSPS) is 13.8. The average molecular weight is 337 g/mol. The highest BCUT2D eigenvalue weighted by molar-refractivity contribution is 5.74. The number of alkyl halides is 3. The van der Waals surface area contributed by atoms with Gasteiger partial charge in [0.25, 0.3) is 0 Å². The van der Waals surface area contributed by atoms with Crippen LogP contribution < -0.4 is 10.6 Å². The number of hydrogen-bond donors (Lipinski definition) is 2. The van der Waals surface area contributed by atoms with Crippen LogP contribution in [0.15, 0.2) is 54.9 Å². The lowest BCUT2D eigenvalue weighted by molar-refractivity contribution is -0.152. The molecule has 128 valence electrons. The third-order valence-electron chi connectivity index (χ3n) is 3.54. The van der Waals surface area contributed by atoms with Crippen molar-refractivity contribution < 1.29 is 18.0 Å². The van der Waals surface area contributed by atoms with Crippen molar-refractivity contribution in [3.05, 3.63) is 66.0 Å². The van der Waals surface area contributed by atoms with Crippen molar-refractivity contribution >= 4 is 6.03 Å². The molecule has 2 amide bonds. The number of nitrogens with one attached hydrogen (secondary N) is 2. The summed E-state index contributed by atoms with van der Waals surface area (Å²) in [5, 5.41) is 4.52. The second kappa shape index (κ2) is 7.81. The van der Waals surface area contributed by atoms with Crippen molar-refractivity contribution in [1.82, 2.24) is 15.6 Å². The molecule has 7 heteroatoms. The molecule has 24 heavy (non-hydrogen) atoms. The number of halogens is 3. The Kier molecular flexibility index (Phi) is 5.78. The highest BCUT2D eigenvalue weighted by atomic mass is 19.4. The number of aromatic nitrogens is 1. The summed E-state index contributed by atoms with van der Waals surface area (Å²) in [6.45, 7) is 1.69. The second-order valence-corrected chi connectivity index (χ2v) is 5.40. The molecule has 0 saturated heterocycles. The summed E-state index contributed by atoms with van der Waals surface area (Å²) < 4.78 is 39.5. The summed E-state index contributed by atoms with van der Waals surface area (Å²) >= 11 is 0. The molecule has 0 fully saturated rings. The molecule has 0 aliphatic carbocycles. The van der Waals surface area contributed by atoms with Gasteiger partial charge >= 0.3 is 12.2 Å². The molecule has 0 bridgehead atoms. The van der Waals surface area contributed by atoms with E-state index in [9.17, 15) is 18.0 Å².